The van der Waals surface area contributed by atoms with Crippen LogP contribution in [0.15, 0.2) is 61.3 Å². The Kier molecular flexibility index (Phi) is 6.82. The average Bonchev–Trinajstić information content (AvgIpc) is 2.74. The van der Waals surface area contributed by atoms with E-state index < -0.39 is 7.14 Å². The van der Waals surface area contributed by atoms with Crippen molar-refractivity contribution in [2.24, 2.45) is 0 Å². The highest BCUT2D eigenvalue weighted by Crippen LogP contribution is 2.38. The number of methoxy groups -OCH3 is 1. The van der Waals surface area contributed by atoms with Gasteiger partial charge < -0.3 is 19.9 Å². The molecule has 0 fully saturated rings. The Morgan fingerprint density at radius 3 is 2.71 bits per heavy atom. The van der Waals surface area contributed by atoms with Crippen molar-refractivity contribution in [2.75, 3.05) is 31.1 Å². The summed E-state index contributed by atoms with van der Waals surface area (Å²) in [6.45, 7) is 6.90. The third-order valence-electron chi connectivity index (χ3n) is 4.43. The van der Waals surface area contributed by atoms with Gasteiger partial charge in [-0.1, -0.05) is 18.7 Å². The first-order chi connectivity index (χ1) is 14.8. The second-order valence-corrected chi connectivity index (χ2v) is 10.3. The molecule has 0 spiro atoms. The molecule has 8 nitrogen and oxygen atoms in total. The summed E-state index contributed by atoms with van der Waals surface area (Å²) in [6.07, 6.45) is 3.05. The van der Waals surface area contributed by atoms with Crippen molar-refractivity contribution in [3.8, 4) is 5.75 Å². The summed E-state index contributed by atoms with van der Waals surface area (Å²) in [4.78, 5) is 16.1. The van der Waals surface area contributed by atoms with E-state index in [1.54, 1.807) is 38.6 Å². The molecular formula is C22H24N5O3P. The van der Waals surface area contributed by atoms with Crippen LogP contribution in [-0.2, 0) is 15.8 Å². The van der Waals surface area contributed by atoms with Crippen molar-refractivity contribution in [1.82, 2.24) is 15.2 Å². The number of nitrogens with zero attached hydrogens (tertiary/aromatic N) is 3. The van der Waals surface area contributed by atoms with Gasteiger partial charge in [0.2, 0.25) is 5.91 Å². The maximum Gasteiger partial charge on any atom is 0.247 e. The van der Waals surface area contributed by atoms with Crippen molar-refractivity contribution in [3.05, 3.63) is 72.7 Å². The van der Waals surface area contributed by atoms with Gasteiger partial charge >= 0.3 is 0 Å². The van der Waals surface area contributed by atoms with Crippen LogP contribution in [0.1, 0.15) is 11.4 Å². The molecule has 9 heteroatoms. The summed E-state index contributed by atoms with van der Waals surface area (Å²) in [7, 11) is -0.902. The van der Waals surface area contributed by atoms with Crippen molar-refractivity contribution >= 4 is 35.5 Å². The normalized spacial score (nSPS) is 10.9. The SMILES string of the molecule is C=CC(=O)Nc1ccc(OC)c(Cc2nncc(Nc3ccccc3P(C)(C)=O)n2)c1. The van der Waals surface area contributed by atoms with Gasteiger partial charge in [-0.25, -0.2) is 4.98 Å². The molecule has 2 aromatic carbocycles. The Morgan fingerprint density at radius 1 is 1.23 bits per heavy atom. The summed E-state index contributed by atoms with van der Waals surface area (Å²) in [5.41, 5.74) is 2.11. The number of hydrogen-bond donors (Lipinski definition) is 2. The topological polar surface area (TPSA) is 106 Å². The summed E-state index contributed by atoms with van der Waals surface area (Å²) in [6, 6.07) is 12.7. The second-order valence-electron chi connectivity index (χ2n) is 7.15. The van der Waals surface area contributed by atoms with Gasteiger partial charge in [-0.3, -0.25) is 4.79 Å². The molecule has 160 valence electrons. The van der Waals surface area contributed by atoms with Gasteiger partial charge in [0, 0.05) is 23.0 Å². The highest BCUT2D eigenvalue weighted by Gasteiger charge is 2.16. The van der Waals surface area contributed by atoms with Crippen LogP contribution in [0.3, 0.4) is 0 Å². The molecule has 0 aliphatic heterocycles. The number of carbonyl (C=O) groups excluding carboxylic acids is 1. The molecule has 0 atom stereocenters. The molecular weight excluding hydrogens is 413 g/mol. The number of amides is 1. The van der Waals surface area contributed by atoms with E-state index in [2.05, 4.69) is 32.4 Å². The number of rotatable bonds is 8. The molecule has 1 heterocycles. The summed E-state index contributed by atoms with van der Waals surface area (Å²) in [5, 5.41) is 14.8. The monoisotopic (exact) mass is 437 g/mol. The first-order valence-corrected chi connectivity index (χ1v) is 12.1. The average molecular weight is 437 g/mol. The maximum atomic E-state index is 12.6. The van der Waals surface area contributed by atoms with Gasteiger partial charge in [-0.15, -0.1) is 5.10 Å². The molecule has 0 unspecified atom stereocenters. The Bertz CT molecular complexity index is 1160. The molecule has 1 amide bonds. The lowest BCUT2D eigenvalue weighted by atomic mass is 10.1. The molecule has 1 aromatic heterocycles. The lowest BCUT2D eigenvalue weighted by molar-refractivity contribution is -0.111. The molecule has 0 saturated carbocycles. The fraction of sp³-hybridized carbons (Fsp3) is 0.182. The zero-order chi connectivity index (χ0) is 22.4. The van der Waals surface area contributed by atoms with Gasteiger partial charge in [-0.2, -0.15) is 5.10 Å². The third-order valence-corrected chi connectivity index (χ3v) is 5.98. The van der Waals surface area contributed by atoms with E-state index in [0.29, 0.717) is 35.2 Å². The Labute approximate surface area is 181 Å². The third kappa shape index (κ3) is 5.77. The number of carbonyl (C=O) groups is 1. The molecule has 2 N–H and O–H groups in total. The van der Waals surface area contributed by atoms with Crippen LogP contribution in [0.5, 0.6) is 5.75 Å². The Morgan fingerprint density at radius 2 is 2.00 bits per heavy atom. The summed E-state index contributed by atoms with van der Waals surface area (Å²) in [5.74, 6) is 1.29. The lowest BCUT2D eigenvalue weighted by Crippen LogP contribution is -2.11. The predicted molar refractivity (Wildman–Crippen MR) is 123 cm³/mol. The van der Waals surface area contributed by atoms with E-state index >= 15 is 0 Å². The molecule has 31 heavy (non-hydrogen) atoms. The number of hydrogen-bond acceptors (Lipinski definition) is 7. The molecule has 3 aromatic rings. The van der Waals surface area contributed by atoms with Crippen molar-refractivity contribution in [2.45, 2.75) is 6.42 Å². The first-order valence-electron chi connectivity index (χ1n) is 9.50. The van der Waals surface area contributed by atoms with Gasteiger partial charge in [0.1, 0.15) is 12.9 Å². The Hall–Kier alpha value is -3.51. The zero-order valence-corrected chi connectivity index (χ0v) is 18.5. The predicted octanol–water partition coefficient (Wildman–Crippen LogP) is 3.59. The van der Waals surface area contributed by atoms with Crippen LogP contribution >= 0.6 is 7.14 Å². The fourth-order valence-electron chi connectivity index (χ4n) is 3.02. The minimum absolute atomic E-state index is 0.303. The maximum absolute atomic E-state index is 12.6. The van der Waals surface area contributed by atoms with Crippen LogP contribution in [0.2, 0.25) is 0 Å². The highest BCUT2D eigenvalue weighted by molar-refractivity contribution is 7.70. The van der Waals surface area contributed by atoms with Gasteiger partial charge in [0.25, 0.3) is 0 Å². The summed E-state index contributed by atoms with van der Waals surface area (Å²) < 4.78 is 18.0. The van der Waals surface area contributed by atoms with Crippen molar-refractivity contribution in [3.63, 3.8) is 0 Å². The molecule has 0 aliphatic rings. The van der Waals surface area contributed by atoms with E-state index in [4.69, 9.17) is 4.74 Å². The van der Waals surface area contributed by atoms with Gasteiger partial charge in [0.15, 0.2) is 11.6 Å². The van der Waals surface area contributed by atoms with E-state index in [0.717, 1.165) is 10.9 Å². The number of para-hydroxylation sites is 1. The smallest absolute Gasteiger partial charge is 0.247 e. The van der Waals surface area contributed by atoms with Gasteiger partial charge in [-0.05, 0) is 49.7 Å². The van der Waals surface area contributed by atoms with E-state index in [9.17, 15) is 9.36 Å². The van der Waals surface area contributed by atoms with Crippen molar-refractivity contribution in [1.29, 1.82) is 0 Å². The van der Waals surface area contributed by atoms with E-state index in [1.807, 2.05) is 24.3 Å². The number of anilines is 3. The lowest BCUT2D eigenvalue weighted by Gasteiger charge is -2.15. The van der Waals surface area contributed by atoms with Crippen LogP contribution in [-0.4, -0.2) is 41.5 Å². The number of ether oxygens (including phenoxy) is 1. The molecule has 0 bridgehead atoms. The standard InChI is InChI=1S/C22H24N5O3P/c1-5-22(28)24-16-10-11-18(30-2)15(12-16)13-20-26-21(14-23-27-20)25-17-8-6-7-9-19(17)31(3,4)29/h5-12,14H,1,13H2,2-4H3,(H,24,28)(H,25,26,27). The van der Waals surface area contributed by atoms with Gasteiger partial charge in [0.05, 0.1) is 19.0 Å². The number of benzene rings is 2. The highest BCUT2D eigenvalue weighted by atomic mass is 31.2. The molecule has 3 rings (SSSR count). The van der Waals surface area contributed by atoms with Crippen LogP contribution in [0, 0.1) is 0 Å². The quantitative estimate of drug-likeness (QED) is 0.410. The number of nitrogens with one attached hydrogen (secondary N) is 2. The van der Waals surface area contributed by atoms with Crippen LogP contribution in [0.4, 0.5) is 17.2 Å². The van der Waals surface area contributed by atoms with Crippen LogP contribution < -0.4 is 20.7 Å². The minimum atomic E-state index is -2.47. The van der Waals surface area contributed by atoms with E-state index in [1.165, 1.54) is 12.3 Å². The Balaban J connectivity index is 1.87. The minimum Gasteiger partial charge on any atom is -0.496 e. The summed E-state index contributed by atoms with van der Waals surface area (Å²) >= 11 is 0. The second kappa shape index (κ2) is 9.53. The fourth-order valence-corrected chi connectivity index (χ4v) is 4.18. The largest absolute Gasteiger partial charge is 0.496 e. The number of aromatic nitrogens is 3. The van der Waals surface area contributed by atoms with E-state index in [-0.39, 0.29) is 5.91 Å². The zero-order valence-electron chi connectivity index (χ0n) is 17.6. The molecule has 0 radical (unpaired) electrons. The molecule has 0 aliphatic carbocycles. The first kappa shape index (κ1) is 22.2. The molecule has 0 saturated heterocycles. The van der Waals surface area contributed by atoms with Crippen molar-refractivity contribution < 1.29 is 14.1 Å². The van der Waals surface area contributed by atoms with Crippen LogP contribution in [0.25, 0.3) is 0 Å².